The molecule has 0 spiro atoms. The molecule has 0 atom stereocenters. The van der Waals surface area contributed by atoms with Crippen molar-refractivity contribution in [2.45, 2.75) is 6.54 Å². The minimum absolute atomic E-state index is 0.107. The smallest absolute Gasteiger partial charge is 0.157 e. The molecule has 0 radical (unpaired) electrons. The Balaban J connectivity index is 2.09. The number of hydrogen-bond acceptors (Lipinski definition) is 3. The van der Waals surface area contributed by atoms with Gasteiger partial charge in [0.2, 0.25) is 0 Å². The van der Waals surface area contributed by atoms with Gasteiger partial charge in [0.25, 0.3) is 0 Å². The molecule has 3 N–H and O–H groups in total. The lowest BCUT2D eigenvalue weighted by atomic mass is 10.2. The Kier molecular flexibility index (Phi) is 4.14. The van der Waals surface area contributed by atoms with E-state index < -0.39 is 0 Å². The molecule has 0 heterocycles. The maximum absolute atomic E-state index is 9.40. The summed E-state index contributed by atoms with van der Waals surface area (Å²) in [7, 11) is 0. The van der Waals surface area contributed by atoms with Gasteiger partial charge < -0.3 is 15.5 Å². The van der Waals surface area contributed by atoms with Gasteiger partial charge in [-0.2, -0.15) is 0 Å². The molecule has 2 aromatic rings. The molecule has 0 fully saturated rings. The molecular formula is C13H11Br2NO2. The van der Waals surface area contributed by atoms with Crippen molar-refractivity contribution in [3.8, 4) is 11.5 Å². The molecule has 0 aliphatic rings. The molecule has 0 saturated heterocycles. The first-order chi connectivity index (χ1) is 8.56. The summed E-state index contributed by atoms with van der Waals surface area (Å²) in [6.45, 7) is 0.564. The Morgan fingerprint density at radius 2 is 1.72 bits per heavy atom. The number of phenolic OH excluding ortho intramolecular Hbond substituents is 2. The van der Waals surface area contributed by atoms with Gasteiger partial charge in [-0.3, -0.25) is 0 Å². The number of halogens is 2. The Morgan fingerprint density at radius 1 is 0.944 bits per heavy atom. The number of hydrogen-bond donors (Lipinski definition) is 3. The summed E-state index contributed by atoms with van der Waals surface area (Å²) in [5, 5.41) is 21.9. The van der Waals surface area contributed by atoms with Crippen LogP contribution in [0.2, 0.25) is 0 Å². The lowest BCUT2D eigenvalue weighted by Crippen LogP contribution is -1.99. The molecule has 2 aromatic carbocycles. The normalized spacial score (nSPS) is 10.3. The van der Waals surface area contributed by atoms with E-state index in [4.69, 9.17) is 0 Å². The summed E-state index contributed by atoms with van der Waals surface area (Å²) in [6, 6.07) is 10.6. The number of anilines is 1. The molecule has 0 aliphatic carbocycles. The maximum atomic E-state index is 9.40. The summed E-state index contributed by atoms with van der Waals surface area (Å²) in [6.07, 6.45) is 0. The van der Waals surface area contributed by atoms with Crippen LogP contribution in [-0.2, 0) is 6.54 Å². The summed E-state index contributed by atoms with van der Waals surface area (Å²) in [4.78, 5) is 0. The topological polar surface area (TPSA) is 52.5 Å². The van der Waals surface area contributed by atoms with Gasteiger partial charge in [0.1, 0.15) is 0 Å². The van der Waals surface area contributed by atoms with E-state index in [0.29, 0.717) is 6.54 Å². The Bertz CT molecular complexity index is 573. The van der Waals surface area contributed by atoms with Crippen LogP contribution in [0.25, 0.3) is 0 Å². The van der Waals surface area contributed by atoms with Crippen molar-refractivity contribution in [3.05, 3.63) is 50.9 Å². The monoisotopic (exact) mass is 371 g/mol. The average Bonchev–Trinajstić information content (AvgIpc) is 2.32. The molecule has 0 aliphatic heterocycles. The van der Waals surface area contributed by atoms with Gasteiger partial charge in [0.05, 0.1) is 0 Å². The molecule has 0 bridgehead atoms. The van der Waals surface area contributed by atoms with Gasteiger partial charge in [0.15, 0.2) is 11.5 Å². The van der Waals surface area contributed by atoms with Gasteiger partial charge in [-0.15, -0.1) is 0 Å². The highest BCUT2D eigenvalue weighted by Gasteiger charge is 2.03. The van der Waals surface area contributed by atoms with E-state index in [1.165, 1.54) is 12.1 Å². The summed E-state index contributed by atoms with van der Waals surface area (Å²) in [5.41, 5.74) is 1.85. The minimum Gasteiger partial charge on any atom is -0.504 e. The van der Waals surface area contributed by atoms with E-state index >= 15 is 0 Å². The van der Waals surface area contributed by atoms with Gasteiger partial charge in [-0.1, -0.05) is 22.0 Å². The first-order valence-electron chi connectivity index (χ1n) is 5.26. The predicted octanol–water partition coefficient (Wildman–Crippen LogP) is 4.23. The van der Waals surface area contributed by atoms with Crippen LogP contribution in [0.3, 0.4) is 0 Å². The van der Waals surface area contributed by atoms with Crippen molar-refractivity contribution in [2.75, 3.05) is 5.32 Å². The van der Waals surface area contributed by atoms with Crippen molar-refractivity contribution < 1.29 is 10.2 Å². The van der Waals surface area contributed by atoms with Crippen molar-refractivity contribution in [3.63, 3.8) is 0 Å². The van der Waals surface area contributed by atoms with Crippen molar-refractivity contribution in [1.82, 2.24) is 0 Å². The van der Waals surface area contributed by atoms with E-state index in [-0.39, 0.29) is 11.5 Å². The highest BCUT2D eigenvalue weighted by molar-refractivity contribution is 9.11. The van der Waals surface area contributed by atoms with Crippen LogP contribution in [0.5, 0.6) is 11.5 Å². The van der Waals surface area contributed by atoms with Gasteiger partial charge >= 0.3 is 0 Å². The number of aromatic hydroxyl groups is 2. The molecule has 0 amide bonds. The van der Waals surface area contributed by atoms with E-state index in [0.717, 1.165) is 20.2 Å². The summed E-state index contributed by atoms with van der Waals surface area (Å²) in [5.74, 6) is -0.215. The predicted molar refractivity (Wildman–Crippen MR) is 78.9 cm³/mol. The number of benzene rings is 2. The second-order valence-electron chi connectivity index (χ2n) is 3.80. The van der Waals surface area contributed by atoms with Crippen LogP contribution in [-0.4, -0.2) is 10.2 Å². The molecule has 5 heteroatoms. The van der Waals surface area contributed by atoms with Crippen LogP contribution < -0.4 is 5.32 Å². The zero-order valence-corrected chi connectivity index (χ0v) is 12.5. The number of nitrogens with one attached hydrogen (secondary N) is 1. The van der Waals surface area contributed by atoms with E-state index in [1.807, 2.05) is 18.2 Å². The molecule has 0 saturated carbocycles. The molecule has 0 unspecified atom stereocenters. The zero-order chi connectivity index (χ0) is 13.1. The minimum atomic E-state index is -0.108. The standard InChI is InChI=1S/C13H11Br2NO2/c14-9-2-3-11(10(15)6-9)16-7-8-1-4-12(17)13(18)5-8/h1-6,16-18H,7H2. The Morgan fingerprint density at radius 3 is 2.39 bits per heavy atom. The van der Waals surface area contributed by atoms with Gasteiger partial charge in [-0.05, 0) is 51.8 Å². The third kappa shape index (κ3) is 3.17. The molecule has 94 valence electrons. The van der Waals surface area contributed by atoms with Gasteiger partial charge in [0, 0.05) is 21.2 Å². The third-order valence-corrected chi connectivity index (χ3v) is 3.60. The fraction of sp³-hybridized carbons (Fsp3) is 0.0769. The number of phenols is 2. The maximum Gasteiger partial charge on any atom is 0.157 e. The number of rotatable bonds is 3. The lowest BCUT2D eigenvalue weighted by Gasteiger charge is -2.09. The Labute approximate surface area is 122 Å². The van der Waals surface area contributed by atoms with Gasteiger partial charge in [-0.25, -0.2) is 0 Å². The van der Waals surface area contributed by atoms with E-state index in [9.17, 15) is 10.2 Å². The van der Waals surface area contributed by atoms with E-state index in [2.05, 4.69) is 37.2 Å². The molecular weight excluding hydrogens is 362 g/mol. The highest BCUT2D eigenvalue weighted by Crippen LogP contribution is 2.28. The second kappa shape index (κ2) is 5.63. The van der Waals surface area contributed by atoms with Crippen LogP contribution in [0.4, 0.5) is 5.69 Å². The van der Waals surface area contributed by atoms with E-state index in [1.54, 1.807) is 6.07 Å². The van der Waals surface area contributed by atoms with Crippen molar-refractivity contribution in [1.29, 1.82) is 0 Å². The molecule has 3 nitrogen and oxygen atoms in total. The van der Waals surface area contributed by atoms with Crippen LogP contribution in [0, 0.1) is 0 Å². The fourth-order valence-electron chi connectivity index (χ4n) is 1.51. The van der Waals surface area contributed by atoms with Crippen LogP contribution >= 0.6 is 31.9 Å². The molecule has 0 aromatic heterocycles. The first kappa shape index (κ1) is 13.2. The lowest BCUT2D eigenvalue weighted by molar-refractivity contribution is 0.403. The average molecular weight is 373 g/mol. The summed E-state index contributed by atoms with van der Waals surface area (Å²) < 4.78 is 1.96. The molecule has 2 rings (SSSR count). The highest BCUT2D eigenvalue weighted by atomic mass is 79.9. The largest absolute Gasteiger partial charge is 0.504 e. The fourth-order valence-corrected chi connectivity index (χ4v) is 2.70. The second-order valence-corrected chi connectivity index (χ2v) is 5.57. The third-order valence-electron chi connectivity index (χ3n) is 2.45. The zero-order valence-electron chi connectivity index (χ0n) is 9.32. The van der Waals surface area contributed by atoms with Crippen LogP contribution in [0.1, 0.15) is 5.56 Å². The first-order valence-corrected chi connectivity index (χ1v) is 6.84. The van der Waals surface area contributed by atoms with Crippen molar-refractivity contribution in [2.24, 2.45) is 0 Å². The Hall–Kier alpha value is -1.20. The summed E-state index contributed by atoms with van der Waals surface area (Å²) >= 11 is 6.86. The quantitative estimate of drug-likeness (QED) is 0.706. The SMILES string of the molecule is Oc1ccc(CNc2ccc(Br)cc2Br)cc1O. The molecule has 18 heavy (non-hydrogen) atoms. The van der Waals surface area contributed by atoms with Crippen molar-refractivity contribution >= 4 is 37.5 Å². The van der Waals surface area contributed by atoms with Crippen LogP contribution in [0.15, 0.2) is 45.3 Å².